The van der Waals surface area contributed by atoms with Gasteiger partial charge in [0.2, 0.25) is 21.8 Å². The molecule has 0 radical (unpaired) electrons. The topological polar surface area (TPSA) is 105 Å². The van der Waals surface area contributed by atoms with Crippen LogP contribution >= 0.6 is 0 Å². The lowest BCUT2D eigenvalue weighted by Crippen LogP contribution is -2.48. The lowest BCUT2D eigenvalue weighted by atomic mass is 10.1. The Morgan fingerprint density at radius 1 is 1.06 bits per heavy atom. The van der Waals surface area contributed by atoms with Crippen molar-refractivity contribution in [1.82, 2.24) is 14.9 Å². The third kappa shape index (κ3) is 9.04. The first-order valence-electron chi connectivity index (χ1n) is 11.6. The van der Waals surface area contributed by atoms with Crippen molar-refractivity contribution in [3.8, 4) is 0 Å². The Balaban J connectivity index is 2.09. The summed E-state index contributed by atoms with van der Waals surface area (Å²) in [5.41, 5.74) is 1.50. The van der Waals surface area contributed by atoms with Gasteiger partial charge in [0, 0.05) is 39.8 Å². The molecule has 192 valence electrons. The number of halogens is 1. The van der Waals surface area contributed by atoms with Gasteiger partial charge in [-0.05, 0) is 55.2 Å². The number of hydrogen-bond acceptors (Lipinski definition) is 5. The van der Waals surface area contributed by atoms with Crippen molar-refractivity contribution < 1.29 is 27.1 Å². The van der Waals surface area contributed by atoms with E-state index in [0.717, 1.165) is 5.56 Å². The monoisotopic (exact) mass is 507 g/mol. The lowest BCUT2D eigenvalue weighted by molar-refractivity contribution is -0.140. The third-order valence-corrected chi connectivity index (χ3v) is 7.01. The highest BCUT2D eigenvalue weighted by atomic mass is 32.2. The molecule has 0 aliphatic heterocycles. The van der Waals surface area contributed by atoms with Gasteiger partial charge in [-0.3, -0.25) is 9.59 Å². The summed E-state index contributed by atoms with van der Waals surface area (Å²) in [6.45, 7) is 4.76. The maximum atomic E-state index is 13.3. The Morgan fingerprint density at radius 2 is 1.69 bits per heavy atom. The first kappa shape index (κ1) is 28.4. The summed E-state index contributed by atoms with van der Waals surface area (Å²) in [4.78, 5) is 27.5. The minimum absolute atomic E-state index is 0.127. The van der Waals surface area contributed by atoms with Crippen molar-refractivity contribution in [2.75, 3.05) is 26.8 Å². The van der Waals surface area contributed by atoms with E-state index in [1.54, 1.807) is 45.2 Å². The van der Waals surface area contributed by atoms with Crippen LogP contribution < -0.4 is 10.0 Å². The average molecular weight is 508 g/mol. The molecule has 1 unspecified atom stereocenters. The molecule has 2 aromatic rings. The largest absolute Gasteiger partial charge is 0.385 e. The Bertz CT molecular complexity index is 1060. The number of benzene rings is 2. The minimum Gasteiger partial charge on any atom is -0.385 e. The summed E-state index contributed by atoms with van der Waals surface area (Å²) in [5, 5.41) is 2.82. The van der Waals surface area contributed by atoms with Crippen LogP contribution in [0.15, 0.2) is 53.4 Å². The molecule has 0 aliphatic carbocycles. The van der Waals surface area contributed by atoms with Gasteiger partial charge in [0.25, 0.3) is 0 Å². The number of nitrogens with zero attached hydrogens (tertiary/aromatic N) is 1. The highest BCUT2D eigenvalue weighted by molar-refractivity contribution is 7.89. The molecular weight excluding hydrogens is 473 g/mol. The normalized spacial score (nSPS) is 12.2. The van der Waals surface area contributed by atoms with E-state index < -0.39 is 16.1 Å². The van der Waals surface area contributed by atoms with Gasteiger partial charge < -0.3 is 15.0 Å². The number of carbonyl (C=O) groups is 2. The van der Waals surface area contributed by atoms with Crippen LogP contribution in [0.5, 0.6) is 0 Å². The van der Waals surface area contributed by atoms with Crippen molar-refractivity contribution in [3.05, 3.63) is 65.5 Å². The SMILES string of the molecule is CCNS(=O)(=O)c1ccc(CCC(=O)N(Cc2ccc(F)cc2)C(C)C(=O)NCCCOC)cc1. The molecule has 0 saturated heterocycles. The van der Waals surface area contributed by atoms with Gasteiger partial charge >= 0.3 is 0 Å². The van der Waals surface area contributed by atoms with Gasteiger partial charge in [-0.15, -0.1) is 0 Å². The molecule has 0 fully saturated rings. The quantitative estimate of drug-likeness (QED) is 0.383. The average Bonchev–Trinajstić information content (AvgIpc) is 2.84. The molecule has 0 saturated carbocycles. The van der Waals surface area contributed by atoms with Crippen molar-refractivity contribution in [2.24, 2.45) is 0 Å². The highest BCUT2D eigenvalue weighted by Gasteiger charge is 2.26. The van der Waals surface area contributed by atoms with E-state index in [-0.39, 0.29) is 35.5 Å². The molecule has 0 heterocycles. The molecule has 8 nitrogen and oxygen atoms in total. The fourth-order valence-electron chi connectivity index (χ4n) is 3.45. The first-order valence-corrected chi connectivity index (χ1v) is 13.1. The lowest BCUT2D eigenvalue weighted by Gasteiger charge is -2.29. The van der Waals surface area contributed by atoms with Gasteiger partial charge in [0.15, 0.2) is 0 Å². The maximum Gasteiger partial charge on any atom is 0.242 e. The Labute approximate surface area is 206 Å². The zero-order valence-corrected chi connectivity index (χ0v) is 21.2. The van der Waals surface area contributed by atoms with Crippen LogP contribution in [0.25, 0.3) is 0 Å². The molecule has 0 aliphatic rings. The van der Waals surface area contributed by atoms with Gasteiger partial charge in [-0.2, -0.15) is 0 Å². The van der Waals surface area contributed by atoms with Crippen LogP contribution in [-0.4, -0.2) is 58.0 Å². The summed E-state index contributed by atoms with van der Waals surface area (Å²) < 4.78 is 45.0. The first-order chi connectivity index (χ1) is 16.7. The summed E-state index contributed by atoms with van der Waals surface area (Å²) in [6.07, 6.45) is 1.16. The van der Waals surface area contributed by atoms with Crippen LogP contribution in [0, 0.1) is 5.82 Å². The van der Waals surface area contributed by atoms with E-state index in [9.17, 15) is 22.4 Å². The zero-order chi connectivity index (χ0) is 25.8. The number of sulfonamides is 1. The Hall–Kier alpha value is -2.82. The second-order valence-electron chi connectivity index (χ2n) is 8.11. The molecule has 0 aromatic heterocycles. The second-order valence-corrected chi connectivity index (χ2v) is 9.87. The van der Waals surface area contributed by atoms with Gasteiger partial charge in [-0.25, -0.2) is 17.5 Å². The molecule has 2 rings (SSSR count). The predicted molar refractivity (Wildman–Crippen MR) is 132 cm³/mol. The van der Waals surface area contributed by atoms with E-state index >= 15 is 0 Å². The fraction of sp³-hybridized carbons (Fsp3) is 0.440. The molecule has 2 amide bonds. The second kappa shape index (κ2) is 13.9. The maximum absolute atomic E-state index is 13.3. The van der Waals surface area contributed by atoms with E-state index in [1.165, 1.54) is 29.2 Å². The highest BCUT2D eigenvalue weighted by Crippen LogP contribution is 2.15. The third-order valence-electron chi connectivity index (χ3n) is 5.45. The molecule has 0 spiro atoms. The molecule has 35 heavy (non-hydrogen) atoms. The Kier molecular flexibility index (Phi) is 11.3. The van der Waals surface area contributed by atoms with Gasteiger partial charge in [0.1, 0.15) is 11.9 Å². The molecule has 10 heteroatoms. The van der Waals surface area contributed by atoms with Crippen LogP contribution in [-0.2, 0) is 37.3 Å². The van der Waals surface area contributed by atoms with Crippen molar-refractivity contribution in [3.63, 3.8) is 0 Å². The smallest absolute Gasteiger partial charge is 0.242 e. The van der Waals surface area contributed by atoms with Crippen LogP contribution in [0.4, 0.5) is 4.39 Å². The van der Waals surface area contributed by atoms with E-state index in [0.29, 0.717) is 38.1 Å². The van der Waals surface area contributed by atoms with Crippen LogP contribution in [0.3, 0.4) is 0 Å². The van der Waals surface area contributed by atoms with E-state index in [1.807, 2.05) is 0 Å². The summed E-state index contributed by atoms with van der Waals surface area (Å²) in [6, 6.07) is 11.4. The molecule has 2 aromatic carbocycles. The zero-order valence-electron chi connectivity index (χ0n) is 20.4. The van der Waals surface area contributed by atoms with Crippen molar-refractivity contribution in [2.45, 2.75) is 50.6 Å². The van der Waals surface area contributed by atoms with Crippen LogP contribution in [0.1, 0.15) is 37.8 Å². The number of carbonyl (C=O) groups excluding carboxylic acids is 2. The number of rotatable bonds is 14. The van der Waals surface area contributed by atoms with Crippen molar-refractivity contribution >= 4 is 21.8 Å². The Morgan fingerprint density at radius 3 is 2.29 bits per heavy atom. The minimum atomic E-state index is -3.55. The number of nitrogens with one attached hydrogen (secondary N) is 2. The van der Waals surface area contributed by atoms with Crippen LogP contribution in [0.2, 0.25) is 0 Å². The number of aryl methyl sites for hydroxylation is 1. The molecule has 1 atom stereocenters. The summed E-state index contributed by atoms with van der Waals surface area (Å²) >= 11 is 0. The van der Waals surface area contributed by atoms with Gasteiger partial charge in [-0.1, -0.05) is 31.2 Å². The van der Waals surface area contributed by atoms with Crippen molar-refractivity contribution in [1.29, 1.82) is 0 Å². The summed E-state index contributed by atoms with van der Waals surface area (Å²) in [7, 11) is -1.96. The molecule has 0 bridgehead atoms. The standard InChI is InChI=1S/C25H34FN3O5S/c1-4-28-35(32,33)23-13-8-20(9-14-23)10-15-24(30)29(18-21-6-11-22(26)12-7-21)19(2)25(31)27-16-5-17-34-3/h6-9,11-14,19,28H,4-5,10,15-18H2,1-3H3,(H,27,31). The van der Waals surface area contributed by atoms with Gasteiger partial charge in [0.05, 0.1) is 4.90 Å². The molecule has 2 N–H and O–H groups in total. The van der Waals surface area contributed by atoms with E-state index in [2.05, 4.69) is 10.0 Å². The predicted octanol–water partition coefficient (Wildman–Crippen LogP) is 2.63. The number of ether oxygens (including phenoxy) is 1. The van der Waals surface area contributed by atoms with E-state index in [4.69, 9.17) is 4.74 Å². The summed E-state index contributed by atoms with van der Waals surface area (Å²) in [5.74, 6) is -0.900. The fourth-order valence-corrected chi connectivity index (χ4v) is 4.49. The molecular formula is C25H34FN3O5S. The number of hydrogen-bond donors (Lipinski definition) is 2. The number of amides is 2. The number of methoxy groups -OCH3 is 1.